The van der Waals surface area contributed by atoms with Crippen molar-refractivity contribution in [2.45, 2.75) is 25.7 Å². The quantitative estimate of drug-likeness (QED) is 0.380. The van der Waals surface area contributed by atoms with Crippen LogP contribution in [0.2, 0.25) is 0 Å². The molecule has 2 fully saturated rings. The zero-order valence-corrected chi connectivity index (χ0v) is 18.5. The second-order valence-corrected chi connectivity index (χ2v) is 8.65. The Kier molecular flexibility index (Phi) is 13.4. The van der Waals surface area contributed by atoms with E-state index in [2.05, 4.69) is 20.4 Å². The number of nitrogens with one attached hydrogen (secondary N) is 2. The highest BCUT2D eigenvalue weighted by Crippen LogP contribution is 2.05. The van der Waals surface area contributed by atoms with Crippen molar-refractivity contribution < 1.29 is 19.1 Å². The van der Waals surface area contributed by atoms with Crippen molar-refractivity contribution in [1.29, 1.82) is 0 Å². The van der Waals surface area contributed by atoms with Crippen LogP contribution in [0.25, 0.3) is 0 Å². The largest absolute Gasteiger partial charge is 0.379 e. The molecule has 0 aromatic rings. The van der Waals surface area contributed by atoms with E-state index >= 15 is 0 Å². The van der Waals surface area contributed by atoms with Gasteiger partial charge in [0.05, 0.1) is 26.4 Å². The highest BCUT2D eigenvalue weighted by molar-refractivity contribution is 7.99. The molecule has 2 heterocycles. The minimum absolute atomic E-state index is 0.104. The van der Waals surface area contributed by atoms with E-state index in [0.29, 0.717) is 12.8 Å². The van der Waals surface area contributed by atoms with Crippen molar-refractivity contribution in [1.82, 2.24) is 20.4 Å². The molecule has 2 N–H and O–H groups in total. The molecule has 0 aromatic heterocycles. The molecule has 0 bridgehead atoms. The number of morpholine rings is 2. The Morgan fingerprint density at radius 3 is 1.55 bits per heavy atom. The molecule has 2 saturated heterocycles. The van der Waals surface area contributed by atoms with Crippen molar-refractivity contribution in [3.05, 3.63) is 0 Å². The van der Waals surface area contributed by atoms with Crippen LogP contribution in [-0.2, 0) is 19.1 Å². The molecule has 168 valence electrons. The number of hydrogen-bond donors (Lipinski definition) is 2. The van der Waals surface area contributed by atoms with E-state index in [1.54, 1.807) is 11.8 Å². The highest BCUT2D eigenvalue weighted by Gasteiger charge is 2.10. The Bertz CT molecular complexity index is 418. The minimum atomic E-state index is 0.104. The third kappa shape index (κ3) is 12.4. The first-order valence-corrected chi connectivity index (χ1v) is 12.1. The summed E-state index contributed by atoms with van der Waals surface area (Å²) < 4.78 is 10.7. The van der Waals surface area contributed by atoms with E-state index in [9.17, 15) is 9.59 Å². The van der Waals surface area contributed by atoms with Crippen molar-refractivity contribution >= 4 is 23.6 Å². The fourth-order valence-corrected chi connectivity index (χ4v) is 4.18. The van der Waals surface area contributed by atoms with E-state index < -0.39 is 0 Å². The molecule has 0 aliphatic carbocycles. The van der Waals surface area contributed by atoms with Crippen LogP contribution in [0.3, 0.4) is 0 Å². The summed E-state index contributed by atoms with van der Waals surface area (Å²) >= 11 is 1.67. The van der Waals surface area contributed by atoms with Crippen LogP contribution in [0.15, 0.2) is 0 Å². The van der Waals surface area contributed by atoms with Crippen LogP contribution >= 0.6 is 11.8 Å². The topological polar surface area (TPSA) is 83.1 Å². The number of carbonyl (C=O) groups is 2. The highest BCUT2D eigenvalue weighted by atomic mass is 32.2. The maximum absolute atomic E-state index is 11.8. The lowest BCUT2D eigenvalue weighted by Gasteiger charge is -2.26. The fraction of sp³-hybridized carbons (Fsp3) is 0.900. The first-order valence-electron chi connectivity index (χ1n) is 11.0. The fourth-order valence-electron chi connectivity index (χ4n) is 3.32. The first-order chi connectivity index (χ1) is 14.2. The Morgan fingerprint density at radius 1 is 0.724 bits per heavy atom. The lowest BCUT2D eigenvalue weighted by atomic mass is 10.3. The van der Waals surface area contributed by atoms with E-state index in [4.69, 9.17) is 9.47 Å². The van der Waals surface area contributed by atoms with Gasteiger partial charge in [0.2, 0.25) is 11.8 Å². The predicted molar refractivity (Wildman–Crippen MR) is 116 cm³/mol. The van der Waals surface area contributed by atoms with Crippen molar-refractivity contribution in [3.8, 4) is 0 Å². The van der Waals surface area contributed by atoms with Gasteiger partial charge in [-0.3, -0.25) is 19.4 Å². The molecule has 0 unspecified atom stereocenters. The lowest BCUT2D eigenvalue weighted by molar-refractivity contribution is -0.121. The zero-order chi connectivity index (χ0) is 20.6. The van der Waals surface area contributed by atoms with Crippen molar-refractivity contribution in [3.63, 3.8) is 0 Å². The smallest absolute Gasteiger partial charge is 0.220 e. The molecule has 2 aliphatic rings. The molecule has 0 saturated carbocycles. The molecule has 2 amide bonds. The summed E-state index contributed by atoms with van der Waals surface area (Å²) in [5, 5.41) is 5.96. The van der Waals surface area contributed by atoms with Crippen LogP contribution in [-0.4, -0.2) is 112 Å². The van der Waals surface area contributed by atoms with E-state index in [1.165, 1.54) is 0 Å². The zero-order valence-electron chi connectivity index (χ0n) is 17.7. The molecule has 2 aliphatic heterocycles. The van der Waals surface area contributed by atoms with E-state index in [-0.39, 0.29) is 11.8 Å². The summed E-state index contributed by atoms with van der Waals surface area (Å²) in [4.78, 5) is 28.4. The van der Waals surface area contributed by atoms with Crippen LogP contribution in [0.1, 0.15) is 25.7 Å². The van der Waals surface area contributed by atoms with Crippen LogP contribution < -0.4 is 10.6 Å². The molecule has 29 heavy (non-hydrogen) atoms. The summed E-state index contributed by atoms with van der Waals surface area (Å²) in [6.45, 7) is 10.7. The average molecular weight is 431 g/mol. The third-order valence-electron chi connectivity index (χ3n) is 5.10. The van der Waals surface area contributed by atoms with Crippen LogP contribution in [0.4, 0.5) is 0 Å². The normalized spacial score (nSPS) is 18.5. The summed E-state index contributed by atoms with van der Waals surface area (Å²) in [6, 6.07) is 0. The number of amides is 2. The number of rotatable bonds is 14. The monoisotopic (exact) mass is 430 g/mol. The van der Waals surface area contributed by atoms with Gasteiger partial charge in [-0.2, -0.15) is 11.8 Å². The summed E-state index contributed by atoms with van der Waals surface area (Å²) in [7, 11) is 0. The Labute approximate surface area is 179 Å². The number of ether oxygens (including phenoxy) is 2. The minimum Gasteiger partial charge on any atom is -0.379 e. The predicted octanol–water partition coefficient (Wildman–Crippen LogP) is 0.177. The van der Waals surface area contributed by atoms with Gasteiger partial charge in [0.25, 0.3) is 0 Å². The Balaban J connectivity index is 1.33. The third-order valence-corrected chi connectivity index (χ3v) is 6.09. The average Bonchev–Trinajstić information content (AvgIpc) is 2.75. The number of nitrogens with zero attached hydrogens (tertiary/aromatic N) is 2. The summed E-state index contributed by atoms with van der Waals surface area (Å²) in [6.07, 6.45) is 2.99. The van der Waals surface area contributed by atoms with Gasteiger partial charge in [-0.1, -0.05) is 0 Å². The van der Waals surface area contributed by atoms with Gasteiger partial charge >= 0.3 is 0 Å². The molecule has 8 nitrogen and oxygen atoms in total. The second kappa shape index (κ2) is 15.9. The molecule has 9 heteroatoms. The van der Waals surface area contributed by atoms with Gasteiger partial charge in [0, 0.05) is 63.6 Å². The van der Waals surface area contributed by atoms with Gasteiger partial charge in [-0.15, -0.1) is 0 Å². The molecule has 0 aromatic carbocycles. The van der Waals surface area contributed by atoms with Gasteiger partial charge in [0.15, 0.2) is 0 Å². The van der Waals surface area contributed by atoms with Gasteiger partial charge < -0.3 is 20.1 Å². The van der Waals surface area contributed by atoms with E-state index in [1.807, 2.05) is 0 Å². The molecule has 0 atom stereocenters. The van der Waals surface area contributed by atoms with Gasteiger partial charge in [0.1, 0.15) is 0 Å². The molecular weight excluding hydrogens is 392 g/mol. The lowest BCUT2D eigenvalue weighted by Crippen LogP contribution is -2.38. The number of hydrogen-bond acceptors (Lipinski definition) is 7. The molecule has 0 spiro atoms. The van der Waals surface area contributed by atoms with Gasteiger partial charge in [-0.05, 0) is 25.9 Å². The Hall–Kier alpha value is -0.870. The standard InChI is InChI=1S/C20H38N4O4S/c25-19(21-5-1-7-23-9-13-27-14-10-23)3-17-29-18-4-20(26)22-6-2-8-24-11-15-28-16-12-24/h1-18H2,(H,21,25)(H,22,26). The Morgan fingerprint density at radius 2 is 1.14 bits per heavy atom. The summed E-state index contributed by atoms with van der Waals surface area (Å²) in [5.74, 6) is 1.73. The number of carbonyl (C=O) groups excluding carboxylic acids is 2. The summed E-state index contributed by atoms with van der Waals surface area (Å²) in [5.41, 5.74) is 0. The van der Waals surface area contributed by atoms with Crippen LogP contribution in [0.5, 0.6) is 0 Å². The second-order valence-electron chi connectivity index (χ2n) is 7.43. The molecule has 0 radical (unpaired) electrons. The number of thioether (sulfide) groups is 1. The van der Waals surface area contributed by atoms with Crippen molar-refractivity contribution in [2.24, 2.45) is 0 Å². The first kappa shape index (κ1) is 24.4. The maximum Gasteiger partial charge on any atom is 0.220 e. The molecular formula is C20H38N4O4S. The van der Waals surface area contributed by atoms with Crippen molar-refractivity contribution in [2.75, 3.05) is 90.3 Å². The maximum atomic E-state index is 11.8. The molecule has 2 rings (SSSR count). The SMILES string of the molecule is O=C(CCSCCC(=O)NCCCN1CCOCC1)NCCCN1CCOCC1. The van der Waals surface area contributed by atoms with Crippen LogP contribution in [0, 0.1) is 0 Å². The van der Waals surface area contributed by atoms with E-state index in [0.717, 1.165) is 103 Å². The van der Waals surface area contributed by atoms with Gasteiger partial charge in [-0.25, -0.2) is 0 Å².